The largest absolute Gasteiger partial charge is 0.355 e. The number of carbonyl (C=O) groups excluding carboxylic acids is 1. The second-order valence-corrected chi connectivity index (χ2v) is 9.31. The molecule has 25 heavy (non-hydrogen) atoms. The summed E-state index contributed by atoms with van der Waals surface area (Å²) in [6.45, 7) is 8.18. The van der Waals surface area contributed by atoms with Gasteiger partial charge in [0.2, 0.25) is 5.91 Å². The minimum Gasteiger partial charge on any atom is -0.355 e. The van der Waals surface area contributed by atoms with Gasteiger partial charge in [0.1, 0.15) is 0 Å². The Balaban J connectivity index is 1.36. The summed E-state index contributed by atoms with van der Waals surface area (Å²) in [5.41, 5.74) is 0. The van der Waals surface area contributed by atoms with E-state index in [4.69, 9.17) is 0 Å². The molecule has 0 radical (unpaired) electrons. The van der Waals surface area contributed by atoms with Gasteiger partial charge < -0.3 is 10.2 Å². The lowest BCUT2D eigenvalue weighted by Crippen LogP contribution is -2.47. The van der Waals surface area contributed by atoms with Gasteiger partial charge in [-0.1, -0.05) is 0 Å². The van der Waals surface area contributed by atoms with Crippen molar-refractivity contribution < 1.29 is 4.79 Å². The Labute approximate surface area is 157 Å². The lowest BCUT2D eigenvalue weighted by atomic mass is 9.95. The highest BCUT2D eigenvalue weighted by Crippen LogP contribution is 2.26. The molecule has 3 aliphatic heterocycles. The molecule has 3 heterocycles. The van der Waals surface area contributed by atoms with E-state index in [1.807, 2.05) is 0 Å². The summed E-state index contributed by atoms with van der Waals surface area (Å²) < 4.78 is 0. The first-order valence-electron chi connectivity index (χ1n) is 10.2. The van der Waals surface area contributed by atoms with Crippen molar-refractivity contribution in [2.24, 2.45) is 5.92 Å². The van der Waals surface area contributed by atoms with E-state index in [1.165, 1.54) is 56.7 Å². The van der Waals surface area contributed by atoms with E-state index < -0.39 is 0 Å². The van der Waals surface area contributed by atoms with Gasteiger partial charge in [-0.15, -0.1) is 0 Å². The average molecular weight is 369 g/mol. The molecule has 1 unspecified atom stereocenters. The van der Waals surface area contributed by atoms with E-state index in [0.717, 1.165) is 38.8 Å². The molecule has 1 atom stereocenters. The van der Waals surface area contributed by atoms with E-state index in [2.05, 4.69) is 38.8 Å². The summed E-state index contributed by atoms with van der Waals surface area (Å²) in [7, 11) is 2.17. The first-order valence-corrected chi connectivity index (χ1v) is 11.4. The third-order valence-electron chi connectivity index (χ3n) is 6.02. The first-order chi connectivity index (χ1) is 12.2. The Hall–Kier alpha value is -0.300. The molecule has 1 N–H and O–H groups in total. The van der Waals surface area contributed by atoms with Crippen molar-refractivity contribution in [1.82, 2.24) is 20.0 Å². The normalized spacial score (nSPS) is 28.6. The van der Waals surface area contributed by atoms with Crippen LogP contribution < -0.4 is 5.32 Å². The summed E-state index contributed by atoms with van der Waals surface area (Å²) in [6.07, 6.45) is 6.44. The molecule has 144 valence electrons. The number of hydrogen-bond acceptors (Lipinski definition) is 5. The summed E-state index contributed by atoms with van der Waals surface area (Å²) >= 11 is 2.10. The summed E-state index contributed by atoms with van der Waals surface area (Å²) in [4.78, 5) is 19.7. The van der Waals surface area contributed by atoms with Crippen LogP contribution in [0.3, 0.4) is 0 Å². The SMILES string of the molecule is CN1CCCN(CC(=O)NCC2CCCN(C3CCSCC3)C2)CC1. The summed E-state index contributed by atoms with van der Waals surface area (Å²) in [5, 5.41) is 3.23. The van der Waals surface area contributed by atoms with Gasteiger partial charge in [0.15, 0.2) is 0 Å². The number of nitrogens with one attached hydrogen (secondary N) is 1. The molecule has 0 bridgehead atoms. The van der Waals surface area contributed by atoms with Crippen LogP contribution in [0.5, 0.6) is 0 Å². The molecule has 3 rings (SSSR count). The summed E-state index contributed by atoms with van der Waals surface area (Å²) in [5.74, 6) is 3.51. The van der Waals surface area contributed by atoms with Crippen LogP contribution in [0.15, 0.2) is 0 Å². The predicted octanol–water partition coefficient (Wildman–Crippen LogP) is 1.35. The maximum Gasteiger partial charge on any atom is 0.234 e. The minimum atomic E-state index is 0.218. The Kier molecular flexibility index (Phi) is 7.90. The van der Waals surface area contributed by atoms with Crippen molar-refractivity contribution in [3.63, 3.8) is 0 Å². The van der Waals surface area contributed by atoms with Crippen molar-refractivity contribution in [1.29, 1.82) is 0 Å². The van der Waals surface area contributed by atoms with E-state index in [9.17, 15) is 4.79 Å². The maximum atomic E-state index is 12.3. The molecule has 6 heteroatoms. The third kappa shape index (κ3) is 6.42. The second-order valence-electron chi connectivity index (χ2n) is 8.08. The Morgan fingerprint density at radius 2 is 1.88 bits per heavy atom. The van der Waals surface area contributed by atoms with Gasteiger partial charge >= 0.3 is 0 Å². The zero-order valence-electron chi connectivity index (χ0n) is 15.9. The van der Waals surface area contributed by atoms with Gasteiger partial charge in [-0.25, -0.2) is 0 Å². The number of amides is 1. The average Bonchev–Trinajstić information content (AvgIpc) is 2.85. The number of thioether (sulfide) groups is 1. The van der Waals surface area contributed by atoms with Gasteiger partial charge in [0.05, 0.1) is 6.54 Å². The molecule has 1 amide bonds. The monoisotopic (exact) mass is 368 g/mol. The molecule has 3 saturated heterocycles. The van der Waals surface area contributed by atoms with Crippen molar-refractivity contribution in [3.05, 3.63) is 0 Å². The van der Waals surface area contributed by atoms with Gasteiger partial charge in [-0.2, -0.15) is 11.8 Å². The predicted molar refractivity (Wildman–Crippen MR) is 106 cm³/mol. The highest BCUT2D eigenvalue weighted by Gasteiger charge is 2.27. The molecule has 0 aliphatic carbocycles. The molecule has 3 fully saturated rings. The Morgan fingerprint density at radius 1 is 1.04 bits per heavy atom. The van der Waals surface area contributed by atoms with Crippen LogP contribution in [-0.2, 0) is 4.79 Å². The van der Waals surface area contributed by atoms with Crippen molar-refractivity contribution in [3.8, 4) is 0 Å². The highest BCUT2D eigenvalue weighted by molar-refractivity contribution is 7.99. The van der Waals surface area contributed by atoms with E-state index in [1.54, 1.807) is 0 Å². The Bertz CT molecular complexity index is 416. The fourth-order valence-corrected chi connectivity index (χ4v) is 5.50. The minimum absolute atomic E-state index is 0.218. The molecule has 0 aromatic rings. The number of likely N-dealkylation sites (tertiary alicyclic amines) is 1. The van der Waals surface area contributed by atoms with Crippen LogP contribution in [0.2, 0.25) is 0 Å². The van der Waals surface area contributed by atoms with Crippen LogP contribution in [0.4, 0.5) is 0 Å². The number of carbonyl (C=O) groups is 1. The van der Waals surface area contributed by atoms with Gasteiger partial charge in [0.25, 0.3) is 0 Å². The quantitative estimate of drug-likeness (QED) is 0.793. The molecular formula is C19H36N4OS. The molecular weight excluding hydrogens is 332 g/mol. The number of nitrogens with zero attached hydrogens (tertiary/aromatic N) is 3. The smallest absolute Gasteiger partial charge is 0.234 e. The number of piperidine rings is 1. The first kappa shape index (κ1) is 19.5. The van der Waals surface area contributed by atoms with Crippen LogP contribution in [0.1, 0.15) is 32.1 Å². The fraction of sp³-hybridized carbons (Fsp3) is 0.947. The third-order valence-corrected chi connectivity index (χ3v) is 7.07. The number of likely N-dealkylation sites (N-methyl/N-ethyl adjacent to an activating group) is 1. The van der Waals surface area contributed by atoms with Gasteiger partial charge in [0, 0.05) is 32.2 Å². The molecule has 0 spiro atoms. The van der Waals surface area contributed by atoms with E-state index in [0.29, 0.717) is 12.5 Å². The standard InChI is InChI=1S/C19H36N4OS/c1-21-7-3-8-22(11-10-21)16-19(24)20-14-17-4-2-9-23(15-17)18-5-12-25-13-6-18/h17-18H,2-16H2,1H3,(H,20,24). The van der Waals surface area contributed by atoms with Crippen LogP contribution in [-0.4, -0.2) is 97.6 Å². The zero-order valence-corrected chi connectivity index (χ0v) is 16.7. The van der Waals surface area contributed by atoms with Gasteiger partial charge in [-0.3, -0.25) is 14.6 Å². The van der Waals surface area contributed by atoms with E-state index >= 15 is 0 Å². The lowest BCUT2D eigenvalue weighted by molar-refractivity contribution is -0.122. The van der Waals surface area contributed by atoms with Crippen LogP contribution in [0, 0.1) is 5.92 Å². The van der Waals surface area contributed by atoms with Crippen molar-refractivity contribution in [2.45, 2.75) is 38.1 Å². The molecule has 0 saturated carbocycles. The van der Waals surface area contributed by atoms with Crippen LogP contribution >= 0.6 is 11.8 Å². The maximum absolute atomic E-state index is 12.3. The van der Waals surface area contributed by atoms with Crippen molar-refractivity contribution in [2.75, 3.05) is 70.9 Å². The van der Waals surface area contributed by atoms with E-state index in [-0.39, 0.29) is 5.91 Å². The van der Waals surface area contributed by atoms with Gasteiger partial charge in [-0.05, 0) is 76.2 Å². The molecule has 0 aromatic heterocycles. The fourth-order valence-electron chi connectivity index (χ4n) is 4.42. The van der Waals surface area contributed by atoms with Crippen molar-refractivity contribution >= 4 is 17.7 Å². The molecule has 5 nitrogen and oxygen atoms in total. The summed E-state index contributed by atoms with van der Waals surface area (Å²) in [6, 6.07) is 0.800. The number of rotatable bonds is 5. The number of hydrogen-bond donors (Lipinski definition) is 1. The molecule has 0 aromatic carbocycles. The topological polar surface area (TPSA) is 38.8 Å². The molecule has 3 aliphatic rings. The van der Waals surface area contributed by atoms with Crippen LogP contribution in [0.25, 0.3) is 0 Å². The zero-order chi connectivity index (χ0) is 17.5. The Morgan fingerprint density at radius 3 is 2.72 bits per heavy atom. The second kappa shape index (κ2) is 10.1. The lowest BCUT2D eigenvalue weighted by Gasteiger charge is -2.40. The highest BCUT2D eigenvalue weighted by atomic mass is 32.2.